The number of hydrogen-bond acceptors (Lipinski definition) is 4. The summed E-state index contributed by atoms with van der Waals surface area (Å²) in [5.74, 6) is 0.591. The second-order valence-electron chi connectivity index (χ2n) is 5.98. The van der Waals surface area contributed by atoms with Gasteiger partial charge >= 0.3 is 0 Å². The van der Waals surface area contributed by atoms with Crippen LogP contribution in [0.15, 0.2) is 16.3 Å². The van der Waals surface area contributed by atoms with Gasteiger partial charge in [0.15, 0.2) is 0 Å². The van der Waals surface area contributed by atoms with Crippen molar-refractivity contribution in [3.05, 3.63) is 17.0 Å². The van der Waals surface area contributed by atoms with Crippen LogP contribution in [0.3, 0.4) is 0 Å². The molecule has 1 saturated heterocycles. The topological polar surface area (TPSA) is 49.4 Å². The van der Waals surface area contributed by atoms with Crippen molar-refractivity contribution in [3.63, 3.8) is 0 Å². The van der Waals surface area contributed by atoms with Crippen molar-refractivity contribution in [2.45, 2.75) is 50.3 Å². The van der Waals surface area contributed by atoms with E-state index in [9.17, 15) is 8.42 Å². The van der Waals surface area contributed by atoms with E-state index in [1.54, 1.807) is 10.4 Å². The van der Waals surface area contributed by atoms with Gasteiger partial charge in [-0.1, -0.05) is 20.8 Å². The molecule has 0 unspecified atom stereocenters. The number of nitrogens with one attached hydrogen (secondary N) is 1. The van der Waals surface area contributed by atoms with Gasteiger partial charge in [-0.05, 0) is 43.9 Å². The van der Waals surface area contributed by atoms with Gasteiger partial charge in [-0.25, -0.2) is 8.42 Å². The van der Waals surface area contributed by atoms with Crippen LogP contribution >= 0.6 is 11.3 Å². The van der Waals surface area contributed by atoms with E-state index in [-0.39, 0.29) is 0 Å². The van der Waals surface area contributed by atoms with Gasteiger partial charge in [0, 0.05) is 24.0 Å². The first-order chi connectivity index (χ1) is 9.93. The number of piperidine rings is 1. The summed E-state index contributed by atoms with van der Waals surface area (Å²) in [4.78, 5) is 1.13. The van der Waals surface area contributed by atoms with E-state index < -0.39 is 10.0 Å². The molecule has 0 bridgehead atoms. The molecule has 0 amide bonds. The lowest BCUT2D eigenvalue weighted by Gasteiger charge is -2.31. The van der Waals surface area contributed by atoms with Crippen molar-refractivity contribution in [1.29, 1.82) is 0 Å². The molecule has 2 heterocycles. The Morgan fingerprint density at radius 1 is 1.33 bits per heavy atom. The molecule has 4 nitrogen and oxygen atoms in total. The van der Waals surface area contributed by atoms with E-state index in [4.69, 9.17) is 0 Å². The molecular weight excluding hydrogens is 304 g/mol. The summed E-state index contributed by atoms with van der Waals surface area (Å²) in [7, 11) is -3.27. The van der Waals surface area contributed by atoms with Crippen molar-refractivity contribution in [3.8, 4) is 0 Å². The Balaban J connectivity index is 1.94. The van der Waals surface area contributed by atoms with E-state index in [0.29, 0.717) is 29.3 Å². The van der Waals surface area contributed by atoms with E-state index in [1.165, 1.54) is 11.3 Å². The summed E-state index contributed by atoms with van der Waals surface area (Å²) in [6.45, 7) is 8.61. The maximum atomic E-state index is 12.6. The molecule has 1 aliphatic rings. The minimum absolute atomic E-state index is 0.491. The van der Waals surface area contributed by atoms with Gasteiger partial charge in [-0.15, -0.1) is 11.3 Å². The molecule has 0 radical (unpaired) electrons. The number of thiophene rings is 1. The van der Waals surface area contributed by atoms with Crippen LogP contribution in [0.2, 0.25) is 0 Å². The summed E-state index contributed by atoms with van der Waals surface area (Å²) in [5, 5.41) is 3.45. The van der Waals surface area contributed by atoms with Crippen molar-refractivity contribution >= 4 is 21.4 Å². The van der Waals surface area contributed by atoms with Gasteiger partial charge in [-0.3, -0.25) is 0 Å². The Labute approximate surface area is 132 Å². The molecular formula is C15H26N2O2S2. The third-order valence-electron chi connectivity index (χ3n) is 3.97. The third kappa shape index (κ3) is 4.28. The Kier molecular flexibility index (Phi) is 5.82. The first kappa shape index (κ1) is 16.9. The number of rotatable bonds is 6. The minimum atomic E-state index is -3.27. The average Bonchev–Trinajstić information content (AvgIpc) is 2.95. The molecule has 1 aromatic heterocycles. The highest BCUT2D eigenvalue weighted by molar-refractivity contribution is 7.91. The largest absolute Gasteiger partial charge is 0.314 e. The smallest absolute Gasteiger partial charge is 0.252 e. The molecule has 0 atom stereocenters. The summed E-state index contributed by atoms with van der Waals surface area (Å²) >= 11 is 1.41. The summed E-state index contributed by atoms with van der Waals surface area (Å²) in [6, 6.07) is 4.17. The fraction of sp³-hybridized carbons (Fsp3) is 0.733. The number of nitrogens with zero attached hydrogens (tertiary/aromatic N) is 1. The molecule has 6 heteroatoms. The minimum Gasteiger partial charge on any atom is -0.314 e. The van der Waals surface area contributed by atoms with E-state index >= 15 is 0 Å². The predicted molar refractivity (Wildman–Crippen MR) is 88.3 cm³/mol. The average molecular weight is 331 g/mol. The second-order valence-corrected chi connectivity index (χ2v) is 9.32. The van der Waals surface area contributed by atoms with Crippen LogP contribution in [0.25, 0.3) is 0 Å². The molecule has 0 aliphatic carbocycles. The fourth-order valence-electron chi connectivity index (χ4n) is 2.57. The van der Waals surface area contributed by atoms with Gasteiger partial charge in [0.25, 0.3) is 10.0 Å². The van der Waals surface area contributed by atoms with Crippen molar-refractivity contribution < 1.29 is 8.42 Å². The summed E-state index contributed by atoms with van der Waals surface area (Å²) in [6.07, 6.45) is 2.79. The Morgan fingerprint density at radius 2 is 2.00 bits per heavy atom. The van der Waals surface area contributed by atoms with Crippen molar-refractivity contribution in [2.24, 2.45) is 5.92 Å². The lowest BCUT2D eigenvalue weighted by molar-refractivity contribution is 0.264. The van der Waals surface area contributed by atoms with Gasteiger partial charge in [0.2, 0.25) is 0 Å². The number of aryl methyl sites for hydroxylation is 1. The van der Waals surface area contributed by atoms with Crippen LogP contribution in [0.4, 0.5) is 0 Å². The second kappa shape index (κ2) is 7.22. The molecule has 2 rings (SSSR count). The zero-order valence-electron chi connectivity index (χ0n) is 13.1. The van der Waals surface area contributed by atoms with Gasteiger partial charge in [0.05, 0.1) is 0 Å². The van der Waals surface area contributed by atoms with Crippen LogP contribution < -0.4 is 5.32 Å². The Bertz CT molecular complexity index is 544. The molecule has 0 spiro atoms. The van der Waals surface area contributed by atoms with Crippen LogP contribution in [0.1, 0.15) is 38.5 Å². The van der Waals surface area contributed by atoms with Crippen LogP contribution in [-0.4, -0.2) is 38.4 Å². The molecule has 1 aliphatic heterocycles. The zero-order chi connectivity index (χ0) is 15.5. The van der Waals surface area contributed by atoms with Crippen LogP contribution in [0.5, 0.6) is 0 Å². The third-order valence-corrected chi connectivity index (χ3v) is 7.56. The van der Waals surface area contributed by atoms with E-state index in [2.05, 4.69) is 26.1 Å². The molecule has 120 valence electrons. The van der Waals surface area contributed by atoms with Crippen molar-refractivity contribution in [2.75, 3.05) is 19.6 Å². The maximum Gasteiger partial charge on any atom is 0.252 e. The van der Waals surface area contributed by atoms with E-state index in [1.807, 2.05) is 6.07 Å². The number of sulfonamides is 1. The highest BCUT2D eigenvalue weighted by Gasteiger charge is 2.30. The zero-order valence-corrected chi connectivity index (χ0v) is 14.8. The predicted octanol–water partition coefficient (Wildman–Crippen LogP) is 2.71. The first-order valence-electron chi connectivity index (χ1n) is 7.75. The quantitative estimate of drug-likeness (QED) is 0.872. The summed E-state index contributed by atoms with van der Waals surface area (Å²) in [5.41, 5.74) is 0. The monoisotopic (exact) mass is 330 g/mol. The van der Waals surface area contributed by atoms with E-state index in [0.717, 1.165) is 30.7 Å². The van der Waals surface area contributed by atoms with Gasteiger partial charge in [0.1, 0.15) is 4.21 Å². The highest BCUT2D eigenvalue weighted by atomic mass is 32.2. The lowest BCUT2D eigenvalue weighted by Crippen LogP contribution is -2.41. The summed E-state index contributed by atoms with van der Waals surface area (Å²) < 4.78 is 27.4. The molecule has 0 saturated carbocycles. The number of hydrogen-bond donors (Lipinski definition) is 1. The lowest BCUT2D eigenvalue weighted by atomic mass is 9.98. The first-order valence-corrected chi connectivity index (χ1v) is 10.0. The normalized spacial score (nSPS) is 18.5. The van der Waals surface area contributed by atoms with Crippen LogP contribution in [0, 0.1) is 5.92 Å². The van der Waals surface area contributed by atoms with Crippen LogP contribution in [-0.2, 0) is 16.4 Å². The molecule has 1 fully saturated rings. The maximum absolute atomic E-state index is 12.6. The highest BCUT2D eigenvalue weighted by Crippen LogP contribution is 2.28. The fourth-order valence-corrected chi connectivity index (χ4v) is 5.49. The van der Waals surface area contributed by atoms with Gasteiger partial charge in [-0.2, -0.15) is 4.31 Å². The standard InChI is InChI=1S/C15H26N2O2S2/c1-4-14-5-6-15(20-14)21(18,19)17-9-7-13(8-10-17)11-16-12(2)3/h5-6,12-13,16H,4,7-11H2,1-3H3. The molecule has 1 aromatic rings. The Hall–Kier alpha value is -0.430. The SMILES string of the molecule is CCc1ccc(S(=O)(=O)N2CCC(CNC(C)C)CC2)s1. The van der Waals surface area contributed by atoms with Crippen molar-refractivity contribution in [1.82, 2.24) is 9.62 Å². The molecule has 1 N–H and O–H groups in total. The molecule has 0 aromatic carbocycles. The van der Waals surface area contributed by atoms with Gasteiger partial charge < -0.3 is 5.32 Å². The molecule has 21 heavy (non-hydrogen) atoms. The Morgan fingerprint density at radius 3 is 2.52 bits per heavy atom.